The molecule has 0 atom stereocenters. The molecule has 2 amide bonds. The number of aliphatic carboxylic acids is 1. The van der Waals surface area contributed by atoms with Crippen LogP contribution in [0.4, 0.5) is 0 Å². The predicted octanol–water partition coefficient (Wildman–Crippen LogP) is 1.87. The highest BCUT2D eigenvalue weighted by Gasteiger charge is 2.27. The van der Waals surface area contributed by atoms with E-state index in [0.717, 1.165) is 10.5 Å². The van der Waals surface area contributed by atoms with Crippen LogP contribution >= 0.6 is 11.8 Å². The lowest BCUT2D eigenvalue weighted by atomic mass is 9.97. The molecular formula is C18H24N2O4S. The summed E-state index contributed by atoms with van der Waals surface area (Å²) in [5.41, 5.74) is 1.13. The van der Waals surface area contributed by atoms with Gasteiger partial charge >= 0.3 is 5.97 Å². The van der Waals surface area contributed by atoms with E-state index in [-0.39, 0.29) is 30.0 Å². The van der Waals surface area contributed by atoms with Gasteiger partial charge in [-0.2, -0.15) is 0 Å². The summed E-state index contributed by atoms with van der Waals surface area (Å²) in [6, 6.07) is 7.87. The molecule has 0 bridgehead atoms. The lowest BCUT2D eigenvalue weighted by Crippen LogP contribution is -2.45. The van der Waals surface area contributed by atoms with Gasteiger partial charge < -0.3 is 14.9 Å². The van der Waals surface area contributed by atoms with Crippen molar-refractivity contribution in [3.05, 3.63) is 29.8 Å². The first-order valence-corrected chi connectivity index (χ1v) is 9.30. The van der Waals surface area contributed by atoms with E-state index in [4.69, 9.17) is 5.11 Å². The molecule has 1 aliphatic rings. The molecule has 1 heterocycles. The number of likely N-dealkylation sites (N-methyl/N-ethyl adjacent to an activating group) is 1. The number of hydrogen-bond donors (Lipinski definition) is 1. The molecule has 1 fully saturated rings. The van der Waals surface area contributed by atoms with Gasteiger partial charge in [-0.05, 0) is 31.4 Å². The van der Waals surface area contributed by atoms with Crippen LogP contribution in [0.15, 0.2) is 29.2 Å². The smallest absolute Gasteiger partial charge is 0.306 e. The molecular weight excluding hydrogens is 340 g/mol. The summed E-state index contributed by atoms with van der Waals surface area (Å²) in [7, 11) is 1.63. The van der Waals surface area contributed by atoms with Crippen molar-refractivity contribution in [3.63, 3.8) is 0 Å². The number of carboxylic acids is 1. The van der Waals surface area contributed by atoms with E-state index < -0.39 is 5.97 Å². The van der Waals surface area contributed by atoms with Crippen LogP contribution in [0.1, 0.15) is 18.4 Å². The van der Waals surface area contributed by atoms with Crippen molar-refractivity contribution in [3.8, 4) is 0 Å². The molecule has 1 aliphatic heterocycles. The van der Waals surface area contributed by atoms with Crippen LogP contribution in [0, 0.1) is 12.8 Å². The molecule has 0 saturated carbocycles. The molecule has 6 nitrogen and oxygen atoms in total. The Bertz CT molecular complexity index is 642. The van der Waals surface area contributed by atoms with E-state index in [1.807, 2.05) is 31.2 Å². The maximum Gasteiger partial charge on any atom is 0.306 e. The van der Waals surface area contributed by atoms with Crippen LogP contribution in [0.5, 0.6) is 0 Å². The second kappa shape index (κ2) is 8.89. The zero-order chi connectivity index (χ0) is 18.4. The normalized spacial score (nSPS) is 15.0. The quantitative estimate of drug-likeness (QED) is 0.780. The second-order valence-electron chi connectivity index (χ2n) is 6.30. The molecule has 0 unspecified atom stereocenters. The standard InChI is InChI=1S/C18H24N2O4S/c1-13-5-3-4-6-15(13)25-12-17(22)19(2)11-16(21)20-9-7-14(8-10-20)18(23)24/h3-6,14H,7-12H2,1-2H3,(H,23,24). The number of carbonyl (C=O) groups excluding carboxylic acids is 2. The Morgan fingerprint density at radius 1 is 1.24 bits per heavy atom. The van der Waals surface area contributed by atoms with Gasteiger partial charge in [0, 0.05) is 25.0 Å². The first kappa shape index (κ1) is 19.3. The number of benzene rings is 1. The Morgan fingerprint density at radius 2 is 1.88 bits per heavy atom. The Hall–Kier alpha value is -2.02. The third-order valence-corrected chi connectivity index (χ3v) is 5.60. The van der Waals surface area contributed by atoms with Crippen LogP contribution in [0.2, 0.25) is 0 Å². The average molecular weight is 364 g/mol. The number of aryl methyl sites for hydroxylation is 1. The number of piperidine rings is 1. The van der Waals surface area contributed by atoms with Gasteiger partial charge in [0.1, 0.15) is 0 Å². The number of rotatable bonds is 6. The summed E-state index contributed by atoms with van der Waals surface area (Å²) in [4.78, 5) is 39.6. The molecule has 7 heteroatoms. The van der Waals surface area contributed by atoms with Crippen molar-refractivity contribution in [2.75, 3.05) is 32.4 Å². The minimum absolute atomic E-state index is 0.0326. The number of hydrogen-bond acceptors (Lipinski definition) is 4. The first-order chi connectivity index (χ1) is 11.9. The molecule has 1 N–H and O–H groups in total. The minimum Gasteiger partial charge on any atom is -0.481 e. The van der Waals surface area contributed by atoms with Crippen LogP contribution in [0.25, 0.3) is 0 Å². The number of nitrogens with zero attached hydrogens (tertiary/aromatic N) is 2. The topological polar surface area (TPSA) is 77.9 Å². The lowest BCUT2D eigenvalue weighted by Gasteiger charge is -2.31. The van der Waals surface area contributed by atoms with E-state index >= 15 is 0 Å². The molecule has 136 valence electrons. The zero-order valence-corrected chi connectivity index (χ0v) is 15.4. The average Bonchev–Trinajstić information content (AvgIpc) is 2.60. The van der Waals surface area contributed by atoms with Crippen LogP contribution in [-0.4, -0.2) is 65.1 Å². The van der Waals surface area contributed by atoms with E-state index in [2.05, 4.69) is 0 Å². The third-order valence-electron chi connectivity index (χ3n) is 4.44. The van der Waals surface area contributed by atoms with Crippen LogP contribution in [-0.2, 0) is 14.4 Å². The number of amides is 2. The third kappa shape index (κ3) is 5.49. The highest BCUT2D eigenvalue weighted by molar-refractivity contribution is 8.00. The second-order valence-corrected chi connectivity index (χ2v) is 7.31. The van der Waals surface area contributed by atoms with Gasteiger partial charge in [-0.15, -0.1) is 11.8 Å². The molecule has 0 aromatic heterocycles. The van der Waals surface area contributed by atoms with Crippen molar-refractivity contribution in [1.29, 1.82) is 0 Å². The molecule has 0 radical (unpaired) electrons. The fraction of sp³-hybridized carbons (Fsp3) is 0.500. The largest absolute Gasteiger partial charge is 0.481 e. The van der Waals surface area contributed by atoms with Gasteiger partial charge in [0.05, 0.1) is 18.2 Å². The van der Waals surface area contributed by atoms with Gasteiger partial charge in [0.25, 0.3) is 0 Å². The Morgan fingerprint density at radius 3 is 2.48 bits per heavy atom. The molecule has 1 aromatic carbocycles. The van der Waals surface area contributed by atoms with E-state index in [9.17, 15) is 14.4 Å². The Kier molecular flexibility index (Phi) is 6.87. The summed E-state index contributed by atoms with van der Waals surface area (Å²) in [5, 5.41) is 9.00. The van der Waals surface area contributed by atoms with E-state index in [0.29, 0.717) is 25.9 Å². The maximum atomic E-state index is 12.3. The highest BCUT2D eigenvalue weighted by Crippen LogP contribution is 2.22. The lowest BCUT2D eigenvalue weighted by molar-refractivity contribution is -0.146. The van der Waals surface area contributed by atoms with Crippen molar-refractivity contribution >= 4 is 29.5 Å². The Labute approximate surface area is 152 Å². The number of carboxylic acid groups (broad SMARTS) is 1. The summed E-state index contributed by atoms with van der Waals surface area (Å²) in [6.45, 7) is 2.91. The molecule has 25 heavy (non-hydrogen) atoms. The van der Waals surface area contributed by atoms with E-state index in [1.165, 1.54) is 16.7 Å². The van der Waals surface area contributed by atoms with Crippen molar-refractivity contribution in [2.24, 2.45) is 5.92 Å². The summed E-state index contributed by atoms with van der Waals surface area (Å²) in [6.07, 6.45) is 0.948. The van der Waals surface area contributed by atoms with Gasteiger partial charge in [0.2, 0.25) is 11.8 Å². The highest BCUT2D eigenvalue weighted by atomic mass is 32.2. The minimum atomic E-state index is -0.798. The van der Waals surface area contributed by atoms with Crippen molar-refractivity contribution < 1.29 is 19.5 Å². The van der Waals surface area contributed by atoms with Gasteiger partial charge in [0.15, 0.2) is 0 Å². The van der Waals surface area contributed by atoms with Crippen molar-refractivity contribution in [2.45, 2.75) is 24.7 Å². The SMILES string of the molecule is Cc1ccccc1SCC(=O)N(C)CC(=O)N1CCC(C(=O)O)CC1. The van der Waals surface area contributed by atoms with Gasteiger partial charge in [-0.1, -0.05) is 18.2 Å². The molecule has 0 aliphatic carbocycles. The van der Waals surface area contributed by atoms with Crippen LogP contribution < -0.4 is 0 Å². The first-order valence-electron chi connectivity index (χ1n) is 8.31. The van der Waals surface area contributed by atoms with Crippen LogP contribution in [0.3, 0.4) is 0 Å². The van der Waals surface area contributed by atoms with E-state index in [1.54, 1.807) is 11.9 Å². The van der Waals surface area contributed by atoms with Gasteiger partial charge in [-0.25, -0.2) is 0 Å². The molecule has 1 saturated heterocycles. The summed E-state index contributed by atoms with van der Waals surface area (Å²) in [5.74, 6) is -1.10. The number of thioether (sulfide) groups is 1. The predicted molar refractivity (Wildman–Crippen MR) is 96.5 cm³/mol. The van der Waals surface area contributed by atoms with Gasteiger partial charge in [-0.3, -0.25) is 14.4 Å². The Balaban J connectivity index is 1.78. The maximum absolute atomic E-state index is 12.3. The zero-order valence-electron chi connectivity index (χ0n) is 14.6. The molecule has 1 aromatic rings. The van der Waals surface area contributed by atoms with Crippen molar-refractivity contribution in [1.82, 2.24) is 9.80 Å². The molecule has 2 rings (SSSR count). The fourth-order valence-electron chi connectivity index (χ4n) is 2.73. The number of carbonyl (C=O) groups is 3. The summed E-state index contributed by atoms with van der Waals surface area (Å²) >= 11 is 1.47. The fourth-order valence-corrected chi connectivity index (χ4v) is 3.70. The molecule has 0 spiro atoms. The summed E-state index contributed by atoms with van der Waals surface area (Å²) < 4.78 is 0. The monoisotopic (exact) mass is 364 g/mol. The number of likely N-dealkylation sites (tertiary alicyclic amines) is 1.